The van der Waals surface area contributed by atoms with Crippen molar-refractivity contribution < 1.29 is 57.5 Å². The molecule has 0 aliphatic heterocycles. The van der Waals surface area contributed by atoms with E-state index in [4.69, 9.17) is 39.9 Å². The van der Waals surface area contributed by atoms with Crippen LogP contribution in [-0.4, -0.2) is 145 Å². The van der Waals surface area contributed by atoms with Gasteiger partial charge in [0.05, 0.1) is 66.1 Å². The van der Waals surface area contributed by atoms with E-state index in [1.54, 1.807) is 26.0 Å². The number of fused-ring (bicyclic) bond motifs is 3. The number of benzene rings is 3. The van der Waals surface area contributed by atoms with Crippen LogP contribution in [0, 0.1) is 5.92 Å². The van der Waals surface area contributed by atoms with Crippen LogP contribution in [0.5, 0.6) is 5.75 Å². The third-order valence-electron chi connectivity index (χ3n) is 10.5. The number of ether oxygens (including phenoxy) is 6. The van der Waals surface area contributed by atoms with Crippen molar-refractivity contribution in [2.24, 2.45) is 17.4 Å². The summed E-state index contributed by atoms with van der Waals surface area (Å²) in [6.45, 7) is 8.06. The van der Waals surface area contributed by atoms with Crippen molar-refractivity contribution in [1.29, 1.82) is 0 Å². The first-order chi connectivity index (χ1) is 32.0. The Hall–Kier alpha value is -5.83. The summed E-state index contributed by atoms with van der Waals surface area (Å²) in [4.78, 5) is 66.2. The lowest BCUT2D eigenvalue weighted by atomic mass is 9.98. The lowest BCUT2D eigenvalue weighted by Gasteiger charge is -2.27. The third kappa shape index (κ3) is 18.6. The van der Waals surface area contributed by atoms with Gasteiger partial charge in [0, 0.05) is 32.0 Å². The molecule has 0 spiro atoms. The number of carbonyl (C=O) groups excluding carboxylic acids is 5. The highest BCUT2D eigenvalue weighted by Gasteiger charge is 2.33. The number of primary amides is 1. The lowest BCUT2D eigenvalue weighted by molar-refractivity contribution is -0.133. The summed E-state index contributed by atoms with van der Waals surface area (Å²) in [5.41, 5.74) is 15.5. The Kier molecular flexibility index (Phi) is 23.7. The average Bonchev–Trinajstić information content (AvgIpc) is 3.62. The van der Waals surface area contributed by atoms with E-state index in [1.807, 2.05) is 48.5 Å². The molecule has 19 nitrogen and oxygen atoms in total. The monoisotopic (exact) mass is 921 g/mol. The Labute approximate surface area is 386 Å². The second-order valence-electron chi connectivity index (χ2n) is 15.8. The van der Waals surface area contributed by atoms with E-state index in [0.29, 0.717) is 65.0 Å². The molecule has 0 heterocycles. The summed E-state index contributed by atoms with van der Waals surface area (Å²) in [5.74, 6) is -2.43. The van der Waals surface area contributed by atoms with Gasteiger partial charge in [-0.3, -0.25) is 14.4 Å². The van der Waals surface area contributed by atoms with E-state index in [-0.39, 0.29) is 63.8 Å². The maximum Gasteiger partial charge on any atom is 0.407 e. The molecule has 66 heavy (non-hydrogen) atoms. The van der Waals surface area contributed by atoms with E-state index in [1.165, 1.54) is 12.1 Å². The molecule has 0 bridgehead atoms. The number of hydrogen-bond donors (Lipinski definition) is 8. The molecule has 19 heteroatoms. The minimum Gasteiger partial charge on any atom is -0.508 e. The van der Waals surface area contributed by atoms with Crippen LogP contribution in [0.15, 0.2) is 72.8 Å². The molecule has 0 saturated carbocycles. The Balaban J connectivity index is 1.29. The van der Waals surface area contributed by atoms with Crippen LogP contribution in [0.1, 0.15) is 49.3 Å². The summed E-state index contributed by atoms with van der Waals surface area (Å²) in [7, 11) is 0. The van der Waals surface area contributed by atoms with E-state index in [9.17, 15) is 29.1 Å². The second-order valence-corrected chi connectivity index (χ2v) is 15.8. The molecule has 0 fully saturated rings. The molecule has 1 aliphatic carbocycles. The van der Waals surface area contributed by atoms with Crippen LogP contribution < -0.4 is 38.1 Å². The van der Waals surface area contributed by atoms with Gasteiger partial charge in [0.25, 0.3) is 0 Å². The molecular weight excluding hydrogens is 855 g/mol. The molecule has 1 aliphatic rings. The van der Waals surface area contributed by atoms with Crippen LogP contribution in [0.4, 0.5) is 9.59 Å². The zero-order chi connectivity index (χ0) is 47.5. The van der Waals surface area contributed by atoms with Crippen LogP contribution in [0.3, 0.4) is 0 Å². The summed E-state index contributed by atoms with van der Waals surface area (Å²) in [5, 5.41) is 23.3. The predicted octanol–water partition coefficient (Wildman–Crippen LogP) is 2.07. The molecule has 0 saturated heterocycles. The Morgan fingerprint density at radius 1 is 0.621 bits per heavy atom. The van der Waals surface area contributed by atoms with Gasteiger partial charge in [-0.1, -0.05) is 74.5 Å². The predicted molar refractivity (Wildman–Crippen MR) is 245 cm³/mol. The average molecular weight is 922 g/mol. The lowest BCUT2D eigenvalue weighted by Crippen LogP contribution is -2.58. The smallest absolute Gasteiger partial charge is 0.407 e. The fraction of sp³-hybridized carbons (Fsp3) is 0.511. The van der Waals surface area contributed by atoms with Gasteiger partial charge in [-0.2, -0.15) is 0 Å². The van der Waals surface area contributed by atoms with Crippen LogP contribution >= 0.6 is 0 Å². The standard InChI is InChI=1S/C47H67N7O12/c1-32(2)42(54-47(60)66-31-39-37-10-5-3-8-35(37)36-9-4-6-11-38(36)39)45(58)52-40(12-7-18-51-46(49)59)44(57)53-41(30-33-13-15-34(55)16-14-33)43(56)50-19-21-62-23-25-64-27-29-65-28-26-63-24-22-61-20-17-48/h3-6,8-11,13-16,32,39-42,55H,7,12,17-31,48H2,1-2H3,(H,50,56)(H,52,58)(H,53,57)(H,54,60)(H3,49,51,59)/t40-,41-,42-/m0/s1. The second kappa shape index (κ2) is 29.7. The Bertz CT molecular complexity index is 1910. The van der Waals surface area contributed by atoms with Gasteiger partial charge in [-0.05, 0) is 58.7 Å². The van der Waals surface area contributed by atoms with Gasteiger partial charge < -0.3 is 71.6 Å². The van der Waals surface area contributed by atoms with Gasteiger partial charge in [-0.15, -0.1) is 0 Å². The number of urea groups is 1. The first kappa shape index (κ1) is 52.8. The maximum atomic E-state index is 14.0. The minimum absolute atomic E-state index is 0.0296. The van der Waals surface area contributed by atoms with Crippen molar-refractivity contribution in [2.45, 2.75) is 57.2 Å². The van der Waals surface area contributed by atoms with Crippen LogP contribution in [0.25, 0.3) is 11.1 Å². The Morgan fingerprint density at radius 3 is 1.70 bits per heavy atom. The van der Waals surface area contributed by atoms with Crippen molar-refractivity contribution >= 4 is 29.8 Å². The SMILES string of the molecule is CC(C)[C@H](NC(=O)OCC1c2ccccc2-c2ccccc21)C(=O)N[C@@H](CCCNC(N)=O)C(=O)N[C@@H](Cc1ccc(O)cc1)C(=O)NCCOCCOCCOCCOCCOCCN. The van der Waals surface area contributed by atoms with Gasteiger partial charge in [0.1, 0.15) is 30.5 Å². The molecule has 4 rings (SSSR count). The molecule has 0 radical (unpaired) electrons. The largest absolute Gasteiger partial charge is 0.508 e. The summed E-state index contributed by atoms with van der Waals surface area (Å²) < 4.78 is 32.9. The highest BCUT2D eigenvalue weighted by atomic mass is 16.6. The summed E-state index contributed by atoms with van der Waals surface area (Å²) >= 11 is 0. The third-order valence-corrected chi connectivity index (χ3v) is 10.5. The van der Waals surface area contributed by atoms with E-state index >= 15 is 0 Å². The van der Waals surface area contributed by atoms with Gasteiger partial charge in [0.2, 0.25) is 17.7 Å². The fourth-order valence-corrected chi connectivity index (χ4v) is 7.13. The molecule has 362 valence electrons. The molecule has 0 aromatic heterocycles. The number of amides is 6. The van der Waals surface area contributed by atoms with Crippen LogP contribution in [-0.2, 0) is 49.2 Å². The van der Waals surface area contributed by atoms with Crippen molar-refractivity contribution in [3.63, 3.8) is 0 Å². The number of phenols is 1. The number of aromatic hydroxyl groups is 1. The molecular formula is C47H67N7O12. The molecule has 3 aromatic carbocycles. The van der Waals surface area contributed by atoms with Gasteiger partial charge in [0.15, 0.2) is 0 Å². The van der Waals surface area contributed by atoms with E-state index < -0.39 is 53.9 Å². The summed E-state index contributed by atoms with van der Waals surface area (Å²) in [6.07, 6.45) is -0.476. The van der Waals surface area contributed by atoms with E-state index in [2.05, 4.69) is 26.6 Å². The maximum absolute atomic E-state index is 14.0. The van der Waals surface area contributed by atoms with Gasteiger partial charge in [-0.25, -0.2) is 9.59 Å². The quantitative estimate of drug-likeness (QED) is 0.0418. The number of rotatable bonds is 32. The first-order valence-electron chi connectivity index (χ1n) is 22.4. The number of nitrogens with two attached hydrogens (primary N) is 2. The van der Waals surface area contributed by atoms with Gasteiger partial charge >= 0.3 is 12.1 Å². The number of alkyl carbamates (subject to hydrolysis) is 1. The molecule has 3 atom stereocenters. The zero-order valence-electron chi connectivity index (χ0n) is 37.9. The summed E-state index contributed by atoms with van der Waals surface area (Å²) in [6, 6.07) is 17.9. The topological polar surface area (TPSA) is 273 Å². The zero-order valence-corrected chi connectivity index (χ0v) is 37.9. The van der Waals surface area contributed by atoms with Crippen molar-refractivity contribution in [3.8, 4) is 16.9 Å². The molecule has 3 aromatic rings. The number of nitrogens with one attached hydrogen (secondary N) is 5. The van der Waals surface area contributed by atoms with Crippen molar-refractivity contribution in [3.05, 3.63) is 89.5 Å². The number of hydrogen-bond acceptors (Lipinski definition) is 13. The first-order valence-corrected chi connectivity index (χ1v) is 22.4. The molecule has 0 unspecified atom stereocenters. The number of phenolic OH excluding ortho intramolecular Hbond substituents is 1. The highest BCUT2D eigenvalue weighted by molar-refractivity contribution is 5.94. The van der Waals surface area contributed by atoms with E-state index in [0.717, 1.165) is 22.3 Å². The Morgan fingerprint density at radius 2 is 1.15 bits per heavy atom. The molecule has 10 N–H and O–H groups in total. The fourth-order valence-electron chi connectivity index (χ4n) is 7.13. The van der Waals surface area contributed by atoms with Crippen molar-refractivity contribution in [1.82, 2.24) is 26.6 Å². The van der Waals surface area contributed by atoms with Crippen molar-refractivity contribution in [2.75, 3.05) is 92.3 Å². The normalized spacial score (nSPS) is 13.2. The highest BCUT2D eigenvalue weighted by Crippen LogP contribution is 2.44. The van der Waals surface area contributed by atoms with Crippen LogP contribution in [0.2, 0.25) is 0 Å². The number of carbonyl (C=O) groups is 5. The minimum atomic E-state index is -1.19. The molecule has 6 amide bonds.